The Balaban J connectivity index is 1.31. The minimum atomic E-state index is -4.50. The number of hydrogen-bond donors (Lipinski definition) is 3. The lowest BCUT2D eigenvalue weighted by atomic mass is 9.77. The van der Waals surface area contributed by atoms with E-state index in [0.717, 1.165) is 45.1 Å². The highest BCUT2D eigenvalue weighted by atomic mass is 32.2. The Morgan fingerprint density at radius 2 is 1.39 bits per heavy atom. The molecule has 0 radical (unpaired) electrons. The first kappa shape index (κ1) is 51.1. The number of ether oxygens (including phenoxy) is 1. The van der Waals surface area contributed by atoms with E-state index in [4.69, 9.17) is 9.57 Å². The van der Waals surface area contributed by atoms with Gasteiger partial charge in [-0.2, -0.15) is 29.8 Å². The van der Waals surface area contributed by atoms with Crippen LogP contribution in [0.2, 0.25) is 0 Å². The van der Waals surface area contributed by atoms with Gasteiger partial charge in [-0.3, -0.25) is 23.2 Å². The predicted octanol–water partition coefficient (Wildman–Crippen LogP) is 7.30. The lowest BCUT2D eigenvalue weighted by molar-refractivity contribution is -0.437. The summed E-state index contributed by atoms with van der Waals surface area (Å²) in [6.45, 7) is 6.67. The van der Waals surface area contributed by atoms with Crippen molar-refractivity contribution in [3.8, 4) is 5.75 Å². The van der Waals surface area contributed by atoms with E-state index in [1.807, 2.05) is 84.7 Å². The van der Waals surface area contributed by atoms with Gasteiger partial charge in [0.15, 0.2) is 5.71 Å². The molecule has 3 aliphatic heterocycles. The molecule has 3 heterocycles. The molecule has 2 amide bonds. The van der Waals surface area contributed by atoms with Gasteiger partial charge in [0.25, 0.3) is 42.2 Å². The fraction of sp³-hybridized carbons (Fsp3) is 0.388. The number of allylic oxidation sites excluding steroid dienone is 7. The quantitative estimate of drug-likeness (QED) is 0.0606. The number of benzene rings is 3. The largest absolute Gasteiger partial charge is 0.457 e. The van der Waals surface area contributed by atoms with Crippen LogP contribution in [-0.4, -0.2) is 96.6 Å². The monoisotopic (exact) mass is 1010 g/mol. The Morgan fingerprint density at radius 3 is 2.06 bits per heavy atom. The van der Waals surface area contributed by atoms with Gasteiger partial charge in [0.2, 0.25) is 5.69 Å². The minimum Gasteiger partial charge on any atom is -0.457 e. The molecule has 1 atom stereocenters. The zero-order valence-electron chi connectivity index (χ0n) is 38.5. The first-order valence-corrected chi connectivity index (χ1v) is 27.3. The van der Waals surface area contributed by atoms with E-state index in [0.29, 0.717) is 43.1 Å². The third-order valence-corrected chi connectivity index (χ3v) is 15.4. The Hall–Kier alpha value is -5.77. The lowest BCUT2D eigenvalue weighted by Crippen LogP contribution is -2.32. The van der Waals surface area contributed by atoms with Crippen molar-refractivity contribution >= 4 is 65.2 Å². The molecule has 1 unspecified atom stereocenters. The molecule has 0 aromatic heterocycles. The van der Waals surface area contributed by atoms with Crippen LogP contribution in [0.3, 0.4) is 0 Å². The summed E-state index contributed by atoms with van der Waals surface area (Å²) in [5.41, 5.74) is 5.53. The van der Waals surface area contributed by atoms with Crippen molar-refractivity contribution in [3.63, 3.8) is 0 Å². The van der Waals surface area contributed by atoms with E-state index in [9.17, 15) is 53.3 Å². The third kappa shape index (κ3) is 11.8. The number of amides is 2. The number of hydrogen-bond acceptors (Lipinski definition) is 12. The average molecular weight is 1010 g/mol. The zero-order chi connectivity index (χ0) is 49.9. The standard InChI is InChI=1S/C49H55N3O14S3/c1-48(2)38-14-4-6-16-40(38)50(30-10-32-67(56,57)58)42(48)25-19-34-12-8-13-35(47(34)65-36-21-23-37(24-22-36)69(62,63)64)20-26-43-49(3,29-9-18-46(55)66-52-44(53)27-28-45(52)54)39-15-5-7-17-41(39)51(43)31-11-33-68(59,60)61/h4-7,14-17,19-26H,8-13,18,27-33H2,1-3H3,(H2-,56,57,58,59,60,61,62,63,64)/p+1. The van der Waals surface area contributed by atoms with Crippen molar-refractivity contribution in [1.82, 2.24) is 5.06 Å². The highest BCUT2D eigenvalue weighted by molar-refractivity contribution is 7.86. The van der Waals surface area contributed by atoms with Crippen LogP contribution in [0.1, 0.15) is 96.1 Å². The normalized spacial score (nSPS) is 20.7. The number of para-hydroxylation sites is 2. The Labute approximate surface area is 402 Å². The number of imide groups is 1. The molecule has 20 heteroatoms. The molecular weight excluding hydrogens is 951 g/mol. The molecule has 0 saturated carbocycles. The third-order valence-electron chi connectivity index (χ3n) is 13.0. The summed E-state index contributed by atoms with van der Waals surface area (Å²) in [5, 5.41) is 0.517. The van der Waals surface area contributed by atoms with Gasteiger partial charge in [-0.25, -0.2) is 4.79 Å². The second-order valence-corrected chi connectivity index (χ2v) is 22.8. The molecule has 3 aromatic rings. The molecule has 69 heavy (non-hydrogen) atoms. The van der Waals surface area contributed by atoms with E-state index in [2.05, 4.69) is 18.4 Å². The molecule has 4 aliphatic rings. The molecule has 7 rings (SSSR count). The number of carbonyl (C=O) groups excluding carboxylic acids is 3. The van der Waals surface area contributed by atoms with Gasteiger partial charge in [-0.1, -0.05) is 42.5 Å². The summed E-state index contributed by atoms with van der Waals surface area (Å²) in [4.78, 5) is 44.1. The molecule has 1 fully saturated rings. The Bertz CT molecular complexity index is 3030. The molecular formula is C49H56N3O14S3+. The maximum absolute atomic E-state index is 13.0. The van der Waals surface area contributed by atoms with E-state index >= 15 is 0 Å². The van der Waals surface area contributed by atoms with Crippen LogP contribution in [0.25, 0.3) is 0 Å². The van der Waals surface area contributed by atoms with Crippen LogP contribution >= 0.6 is 0 Å². The number of anilines is 1. The number of rotatable bonds is 19. The van der Waals surface area contributed by atoms with E-state index < -0.39 is 70.5 Å². The number of fused-ring (bicyclic) bond motifs is 2. The van der Waals surface area contributed by atoms with Crippen molar-refractivity contribution in [3.05, 3.63) is 131 Å². The van der Waals surface area contributed by atoms with Crippen molar-refractivity contribution in [1.29, 1.82) is 0 Å². The van der Waals surface area contributed by atoms with Gasteiger partial charge >= 0.3 is 5.97 Å². The SMILES string of the molecule is CC1(C)C(C=CC2=C(Oc3ccc(S(=O)(=O)O)cc3)C(=CC=C3N(CCCS(=O)(=O)O)c4ccccc4C3(C)CCCC(=O)ON3C(=O)CCC3=O)CCC2)=[N+](CCCS(=O)(=O)O)c2ccccc21. The summed E-state index contributed by atoms with van der Waals surface area (Å²) in [6.07, 6.45) is 10.3. The van der Waals surface area contributed by atoms with Gasteiger partial charge < -0.3 is 14.5 Å². The summed E-state index contributed by atoms with van der Waals surface area (Å²) in [5.74, 6) is -2.04. The molecule has 368 valence electrons. The summed E-state index contributed by atoms with van der Waals surface area (Å²) < 4.78 is 109. The molecule has 3 aromatic carbocycles. The maximum Gasteiger partial charge on any atom is 0.333 e. The molecule has 1 aliphatic carbocycles. The van der Waals surface area contributed by atoms with Crippen LogP contribution in [-0.2, 0) is 60.4 Å². The summed E-state index contributed by atoms with van der Waals surface area (Å²) in [6, 6.07) is 20.8. The van der Waals surface area contributed by atoms with Crippen LogP contribution in [0.5, 0.6) is 5.75 Å². The summed E-state index contributed by atoms with van der Waals surface area (Å²) in [7, 11) is -13.0. The van der Waals surface area contributed by atoms with Crippen LogP contribution in [0.15, 0.2) is 125 Å². The second-order valence-electron chi connectivity index (χ2n) is 18.2. The minimum absolute atomic E-state index is 0.0366. The fourth-order valence-electron chi connectivity index (χ4n) is 9.61. The van der Waals surface area contributed by atoms with Crippen molar-refractivity contribution in [2.24, 2.45) is 0 Å². The van der Waals surface area contributed by atoms with Gasteiger partial charge in [0.05, 0.1) is 21.8 Å². The maximum atomic E-state index is 13.0. The predicted molar refractivity (Wildman–Crippen MR) is 257 cm³/mol. The average Bonchev–Trinajstić information content (AvgIpc) is 3.80. The van der Waals surface area contributed by atoms with E-state index in [1.54, 1.807) is 0 Å². The Morgan fingerprint density at radius 1 is 0.754 bits per heavy atom. The highest BCUT2D eigenvalue weighted by Crippen LogP contribution is 2.51. The second kappa shape index (κ2) is 20.3. The van der Waals surface area contributed by atoms with Gasteiger partial charge in [0.1, 0.15) is 18.1 Å². The van der Waals surface area contributed by atoms with Crippen molar-refractivity contribution in [2.45, 2.75) is 101 Å². The summed E-state index contributed by atoms with van der Waals surface area (Å²) >= 11 is 0. The zero-order valence-corrected chi connectivity index (χ0v) is 41.0. The highest BCUT2D eigenvalue weighted by Gasteiger charge is 2.45. The molecule has 0 spiro atoms. The molecule has 3 N–H and O–H groups in total. The molecule has 0 bridgehead atoms. The first-order valence-electron chi connectivity index (χ1n) is 22.6. The van der Waals surface area contributed by atoms with Crippen LogP contribution in [0, 0.1) is 0 Å². The fourth-order valence-corrected chi connectivity index (χ4v) is 11.1. The van der Waals surface area contributed by atoms with Crippen LogP contribution < -0.4 is 9.64 Å². The van der Waals surface area contributed by atoms with Gasteiger partial charge in [-0.15, -0.1) is 5.06 Å². The first-order chi connectivity index (χ1) is 32.5. The van der Waals surface area contributed by atoms with E-state index in [1.165, 1.54) is 24.3 Å². The number of nitrogens with zero attached hydrogens (tertiary/aromatic N) is 3. The number of hydroxylamine groups is 2. The van der Waals surface area contributed by atoms with Gasteiger partial charge in [-0.05, 0) is 118 Å². The smallest absolute Gasteiger partial charge is 0.333 e. The van der Waals surface area contributed by atoms with Crippen molar-refractivity contribution < 1.29 is 67.4 Å². The molecule has 17 nitrogen and oxygen atoms in total. The van der Waals surface area contributed by atoms with E-state index in [-0.39, 0.29) is 55.7 Å². The van der Waals surface area contributed by atoms with Crippen molar-refractivity contribution in [2.75, 3.05) is 29.5 Å². The number of carbonyl (C=O) groups is 3. The van der Waals surface area contributed by atoms with Gasteiger partial charge in [0, 0.05) is 66.7 Å². The lowest BCUT2D eigenvalue weighted by Gasteiger charge is -2.31. The topological polar surface area (TPSA) is 242 Å². The molecule has 1 saturated heterocycles. The van der Waals surface area contributed by atoms with Crippen LogP contribution in [0.4, 0.5) is 11.4 Å². The Kier molecular flexibility index (Phi) is 15.0.